The zero-order chi connectivity index (χ0) is 15.4. The summed E-state index contributed by atoms with van der Waals surface area (Å²) in [5, 5.41) is 0. The average Bonchev–Trinajstić information content (AvgIpc) is 2.53. The molecule has 1 rings (SSSR count). The monoisotopic (exact) mass is 281 g/mol. The highest BCUT2D eigenvalue weighted by Gasteiger charge is 2.41. The Morgan fingerprint density at radius 1 is 1.25 bits per heavy atom. The van der Waals surface area contributed by atoms with Crippen LogP contribution in [0.3, 0.4) is 0 Å². The number of carbonyl (C=O) groups is 1. The van der Waals surface area contributed by atoms with Crippen LogP contribution in [0.15, 0.2) is 16.8 Å². The number of methoxy groups -OCH3 is 1. The number of aliphatic imine (C=N–C) groups is 1. The zero-order valence-corrected chi connectivity index (χ0v) is 13.9. The van der Waals surface area contributed by atoms with Crippen LogP contribution in [0.25, 0.3) is 0 Å². The molecule has 0 saturated heterocycles. The molecule has 1 fully saturated rings. The van der Waals surface area contributed by atoms with Crippen LogP contribution < -0.4 is 0 Å². The fourth-order valence-electron chi connectivity index (χ4n) is 2.68. The Kier molecular flexibility index (Phi) is 10.0. The molecule has 1 aliphatic rings. The summed E-state index contributed by atoms with van der Waals surface area (Å²) in [6, 6.07) is 0. The normalized spacial score (nSPS) is 18.4. The molecule has 20 heavy (non-hydrogen) atoms. The van der Waals surface area contributed by atoms with Crippen LogP contribution in [0.4, 0.5) is 0 Å². The van der Waals surface area contributed by atoms with Crippen molar-refractivity contribution in [3.63, 3.8) is 0 Å². The van der Waals surface area contributed by atoms with E-state index in [2.05, 4.69) is 11.9 Å². The summed E-state index contributed by atoms with van der Waals surface area (Å²) < 4.78 is 5.02. The van der Waals surface area contributed by atoms with Gasteiger partial charge in [0.1, 0.15) is 0 Å². The Hall–Kier alpha value is -1.12. The molecule has 0 atom stereocenters. The first-order valence-corrected chi connectivity index (χ1v) is 7.94. The Morgan fingerprint density at radius 3 is 2.30 bits per heavy atom. The van der Waals surface area contributed by atoms with Gasteiger partial charge < -0.3 is 4.74 Å². The summed E-state index contributed by atoms with van der Waals surface area (Å²) in [6.45, 7) is 8.05. The van der Waals surface area contributed by atoms with E-state index in [0.29, 0.717) is 6.42 Å². The number of hydrogen-bond acceptors (Lipinski definition) is 3. The number of nitrogens with zero attached hydrogens (tertiary/aromatic N) is 1. The summed E-state index contributed by atoms with van der Waals surface area (Å²) in [6.07, 6.45) is 10.9. The van der Waals surface area contributed by atoms with Crippen LogP contribution in [-0.4, -0.2) is 19.3 Å². The molecule has 116 valence electrons. The van der Waals surface area contributed by atoms with Crippen molar-refractivity contribution in [1.82, 2.24) is 0 Å². The molecule has 0 aromatic rings. The molecular weight excluding hydrogens is 250 g/mol. The van der Waals surface area contributed by atoms with Crippen LogP contribution in [0.1, 0.15) is 72.6 Å². The molecule has 3 heteroatoms. The Morgan fingerprint density at radius 2 is 1.85 bits per heavy atom. The van der Waals surface area contributed by atoms with Crippen molar-refractivity contribution in [2.75, 3.05) is 7.11 Å². The van der Waals surface area contributed by atoms with Crippen LogP contribution in [0, 0.1) is 5.41 Å². The van der Waals surface area contributed by atoms with Crippen molar-refractivity contribution >= 4 is 12.2 Å². The van der Waals surface area contributed by atoms with Gasteiger partial charge in [-0.15, -0.1) is 0 Å². The smallest absolute Gasteiger partial charge is 0.312 e. The second-order valence-corrected chi connectivity index (χ2v) is 5.01. The van der Waals surface area contributed by atoms with Gasteiger partial charge in [-0.2, -0.15) is 0 Å². The lowest BCUT2D eigenvalue weighted by Crippen LogP contribution is -2.34. The first-order chi connectivity index (χ1) is 9.68. The molecule has 0 spiro atoms. The highest BCUT2D eigenvalue weighted by atomic mass is 16.5. The number of allylic oxidation sites excluding steroid dienone is 2. The average molecular weight is 281 g/mol. The van der Waals surface area contributed by atoms with E-state index in [1.165, 1.54) is 13.5 Å². The summed E-state index contributed by atoms with van der Waals surface area (Å²) in [7, 11) is 1.49. The van der Waals surface area contributed by atoms with E-state index >= 15 is 0 Å². The Balaban J connectivity index is 0.00000172. The van der Waals surface area contributed by atoms with Crippen molar-refractivity contribution in [1.29, 1.82) is 0 Å². The van der Waals surface area contributed by atoms with Gasteiger partial charge >= 0.3 is 5.97 Å². The molecule has 0 aromatic heterocycles. The van der Waals surface area contributed by atoms with Crippen molar-refractivity contribution in [3.05, 3.63) is 11.8 Å². The molecule has 3 nitrogen and oxygen atoms in total. The van der Waals surface area contributed by atoms with Crippen LogP contribution in [0.2, 0.25) is 0 Å². The fraction of sp³-hybridized carbons (Fsp3) is 0.765. The van der Waals surface area contributed by atoms with Gasteiger partial charge in [-0.3, -0.25) is 9.79 Å². The summed E-state index contributed by atoms with van der Waals surface area (Å²) in [4.78, 5) is 16.6. The molecule has 1 saturated carbocycles. The molecule has 0 aliphatic heterocycles. The lowest BCUT2D eigenvalue weighted by atomic mass is 9.71. The minimum Gasteiger partial charge on any atom is -0.469 e. The highest BCUT2D eigenvalue weighted by molar-refractivity contribution is 5.77. The molecule has 0 radical (unpaired) electrons. The molecule has 0 aromatic carbocycles. The van der Waals surface area contributed by atoms with Crippen molar-refractivity contribution in [3.8, 4) is 0 Å². The molecule has 0 N–H and O–H groups in total. The zero-order valence-electron chi connectivity index (χ0n) is 13.9. The SMILES string of the molecule is C/C=C(/CC1(C(=O)OC)CCCCC1)N=CCC.CC. The van der Waals surface area contributed by atoms with Crippen molar-refractivity contribution in [2.24, 2.45) is 10.4 Å². The second-order valence-electron chi connectivity index (χ2n) is 5.01. The predicted molar refractivity (Wildman–Crippen MR) is 86.0 cm³/mol. The van der Waals surface area contributed by atoms with Gasteiger partial charge in [0.25, 0.3) is 0 Å². The van der Waals surface area contributed by atoms with E-state index in [0.717, 1.165) is 37.8 Å². The van der Waals surface area contributed by atoms with E-state index in [9.17, 15) is 4.79 Å². The number of ether oxygens (including phenoxy) is 1. The van der Waals surface area contributed by atoms with E-state index in [4.69, 9.17) is 4.74 Å². The molecule has 0 heterocycles. The van der Waals surface area contributed by atoms with Crippen LogP contribution >= 0.6 is 0 Å². The minimum atomic E-state index is -0.333. The maximum absolute atomic E-state index is 12.1. The van der Waals surface area contributed by atoms with Gasteiger partial charge in [0.2, 0.25) is 0 Å². The molecule has 1 aliphatic carbocycles. The molecule has 0 unspecified atom stereocenters. The van der Waals surface area contributed by atoms with Crippen molar-refractivity contribution < 1.29 is 9.53 Å². The van der Waals surface area contributed by atoms with Gasteiger partial charge in [-0.1, -0.05) is 46.1 Å². The van der Waals surface area contributed by atoms with Gasteiger partial charge in [0.15, 0.2) is 0 Å². The lowest BCUT2D eigenvalue weighted by Gasteiger charge is -2.34. The van der Waals surface area contributed by atoms with Crippen LogP contribution in [-0.2, 0) is 9.53 Å². The van der Waals surface area contributed by atoms with E-state index in [1.807, 2.05) is 33.1 Å². The summed E-state index contributed by atoms with van der Waals surface area (Å²) >= 11 is 0. The third-order valence-electron chi connectivity index (χ3n) is 3.72. The lowest BCUT2D eigenvalue weighted by molar-refractivity contribution is -0.154. The topological polar surface area (TPSA) is 38.7 Å². The highest BCUT2D eigenvalue weighted by Crippen LogP contribution is 2.42. The van der Waals surface area contributed by atoms with E-state index < -0.39 is 0 Å². The quantitative estimate of drug-likeness (QED) is 0.530. The van der Waals surface area contributed by atoms with Gasteiger partial charge in [0, 0.05) is 18.3 Å². The molecule has 0 bridgehead atoms. The Bertz CT molecular complexity index is 326. The second kappa shape index (κ2) is 10.6. The molecule has 0 amide bonds. The summed E-state index contributed by atoms with van der Waals surface area (Å²) in [5.74, 6) is -0.0618. The van der Waals surface area contributed by atoms with Crippen LogP contribution in [0.5, 0.6) is 0 Å². The third-order valence-corrected chi connectivity index (χ3v) is 3.72. The number of carbonyl (C=O) groups excluding carboxylic acids is 1. The minimum absolute atomic E-state index is 0.0618. The van der Waals surface area contributed by atoms with Crippen molar-refractivity contribution in [2.45, 2.75) is 72.6 Å². The maximum atomic E-state index is 12.1. The standard InChI is InChI=1S/C15H25NO2.C2H6/c1-4-11-16-13(5-2)12-15(14(17)18-3)9-7-6-8-10-15;1-2/h5,11H,4,6-10,12H2,1-3H3;1-2H3/b13-5-,16-11?;. The first kappa shape index (κ1) is 18.9. The number of rotatable bonds is 5. The predicted octanol–water partition coefficient (Wildman–Crippen LogP) is 4.91. The maximum Gasteiger partial charge on any atom is 0.312 e. The van der Waals surface area contributed by atoms with Gasteiger partial charge in [0.05, 0.1) is 12.5 Å². The van der Waals surface area contributed by atoms with Gasteiger partial charge in [-0.25, -0.2) is 0 Å². The fourth-order valence-corrected chi connectivity index (χ4v) is 2.68. The first-order valence-electron chi connectivity index (χ1n) is 7.94. The number of esters is 1. The summed E-state index contributed by atoms with van der Waals surface area (Å²) in [5.41, 5.74) is 0.670. The van der Waals surface area contributed by atoms with Gasteiger partial charge in [-0.05, 0) is 26.2 Å². The third kappa shape index (κ3) is 5.48. The van der Waals surface area contributed by atoms with E-state index in [1.54, 1.807) is 0 Å². The number of hydrogen-bond donors (Lipinski definition) is 0. The van der Waals surface area contributed by atoms with E-state index in [-0.39, 0.29) is 11.4 Å². The largest absolute Gasteiger partial charge is 0.469 e. The Labute approximate surface area is 124 Å². The molecular formula is C17H31NO2.